The highest BCUT2D eigenvalue weighted by atomic mass is 16.3. The summed E-state index contributed by atoms with van der Waals surface area (Å²) in [5.41, 5.74) is 20.6. The number of hydrogen-bond acceptors (Lipinski definition) is 9. The van der Waals surface area contributed by atoms with E-state index < -0.39 is 0 Å². The van der Waals surface area contributed by atoms with Crippen LogP contribution in [0.15, 0.2) is 216 Å². The van der Waals surface area contributed by atoms with Gasteiger partial charge < -0.3 is 26.5 Å². The van der Waals surface area contributed by atoms with Crippen molar-refractivity contribution < 1.29 is 26.5 Å². The molecule has 0 radical (unpaired) electrons. The summed E-state index contributed by atoms with van der Waals surface area (Å²) in [6.07, 6.45) is 15.2. The third-order valence-corrected chi connectivity index (χ3v) is 15.0. The fourth-order valence-corrected chi connectivity index (χ4v) is 9.33. The van der Waals surface area contributed by atoms with Crippen molar-refractivity contribution >= 4 is 72.3 Å². The molecule has 0 N–H and O–H groups in total. The molecule has 0 saturated heterocycles. The van der Waals surface area contributed by atoms with Crippen molar-refractivity contribution in [2.75, 3.05) is 0 Å². The highest BCUT2D eigenvalue weighted by Crippen LogP contribution is 2.28. The monoisotopic (exact) mass is 1120 g/mol. The molecule has 0 atom stereocenters. The summed E-state index contributed by atoms with van der Waals surface area (Å²) in [5.74, 6) is 4.00. The number of furan rings is 3. The van der Waals surface area contributed by atoms with Crippen molar-refractivity contribution in [2.24, 2.45) is 0 Å². The van der Waals surface area contributed by atoms with E-state index in [9.17, 15) is 0 Å². The number of hydrogen-bond donors (Lipinski definition) is 0. The van der Waals surface area contributed by atoms with Crippen molar-refractivity contribution in [3.05, 3.63) is 240 Å². The number of rotatable bonds is 7. The Balaban J connectivity index is 0.000000128. The standard InChI is InChI=1S/C12H14.3C11H12O.3C10H11NO/c1-9(2)11-7-6-10-4-3-5-12(10)8-11;1-8(2)9-3-4-11-10(7-9)5-6-12-11;2*1-8(2)10-4-3-9-5-6-12-11(9)7-10;1-7(2)8-3-4-10-9(5-8)11-6-12-10;2*1-7(2)8-3-4-9-10(5-8)12-6-11-9/h3,5-9H,4H2,1-2H3;3*3-8H,1-2H3;3*3-7H,1-2H3. The van der Waals surface area contributed by atoms with Crippen LogP contribution >= 0.6 is 0 Å². The van der Waals surface area contributed by atoms with Crippen molar-refractivity contribution in [1.29, 1.82) is 0 Å². The van der Waals surface area contributed by atoms with Crippen molar-refractivity contribution in [2.45, 2.75) is 145 Å². The van der Waals surface area contributed by atoms with Crippen LogP contribution in [0.5, 0.6) is 0 Å². The van der Waals surface area contributed by atoms with E-state index in [1.165, 1.54) is 85.4 Å². The van der Waals surface area contributed by atoms with Crippen LogP contribution in [0.2, 0.25) is 0 Å². The Morgan fingerprint density at radius 3 is 1.13 bits per heavy atom. The van der Waals surface area contributed by atoms with Gasteiger partial charge >= 0.3 is 0 Å². The first-order chi connectivity index (χ1) is 40.4. The van der Waals surface area contributed by atoms with Crippen LogP contribution in [0.3, 0.4) is 0 Å². The van der Waals surface area contributed by atoms with Crippen molar-refractivity contribution in [3.63, 3.8) is 0 Å². The zero-order valence-corrected chi connectivity index (χ0v) is 51.5. The minimum atomic E-state index is 0.541. The van der Waals surface area contributed by atoms with Crippen LogP contribution in [0.4, 0.5) is 0 Å². The summed E-state index contributed by atoms with van der Waals surface area (Å²) in [6.45, 7) is 30.6. The van der Waals surface area contributed by atoms with Gasteiger partial charge in [0.25, 0.3) is 0 Å². The molecular formula is C75H83N3O6. The van der Waals surface area contributed by atoms with Crippen LogP contribution in [0, 0.1) is 0 Å². The number of oxazole rings is 3. The minimum Gasteiger partial charge on any atom is -0.464 e. The van der Waals surface area contributed by atoms with E-state index in [0.717, 1.165) is 56.5 Å². The maximum atomic E-state index is 5.31. The largest absolute Gasteiger partial charge is 0.464 e. The summed E-state index contributed by atoms with van der Waals surface area (Å²) in [5, 5.41) is 3.56. The fraction of sp³-hybridized carbons (Fsp3) is 0.293. The number of benzene rings is 7. The third-order valence-electron chi connectivity index (χ3n) is 15.0. The molecule has 84 heavy (non-hydrogen) atoms. The number of allylic oxidation sites excluding steroid dienone is 1. The SMILES string of the molecule is CC(C)c1ccc2c(c1)C=CC2.CC(C)c1ccc2ccoc2c1.CC(C)c1ccc2ccoc2c1.CC(C)c1ccc2ncoc2c1.CC(C)c1ccc2ncoc2c1.CC(C)c1ccc2occc2c1.CC(C)c1ccc2ocnc2c1. The van der Waals surface area contributed by atoms with E-state index in [1.807, 2.05) is 54.6 Å². The van der Waals surface area contributed by atoms with Crippen molar-refractivity contribution in [3.8, 4) is 0 Å². The predicted molar refractivity (Wildman–Crippen MR) is 348 cm³/mol. The zero-order valence-electron chi connectivity index (χ0n) is 51.5. The molecule has 9 heteroatoms. The molecule has 0 unspecified atom stereocenters. The minimum absolute atomic E-state index is 0.541. The molecule has 434 valence electrons. The van der Waals surface area contributed by atoms with Gasteiger partial charge in [0.15, 0.2) is 35.9 Å². The molecule has 14 rings (SSSR count). The van der Waals surface area contributed by atoms with Crippen LogP contribution in [0.25, 0.3) is 72.3 Å². The van der Waals surface area contributed by atoms with Crippen LogP contribution in [-0.2, 0) is 6.42 Å². The smallest absolute Gasteiger partial charge is 0.181 e. The molecule has 0 aliphatic heterocycles. The van der Waals surface area contributed by atoms with Crippen LogP contribution in [0.1, 0.15) is 188 Å². The first-order valence-electron chi connectivity index (χ1n) is 29.6. The number of aromatic nitrogens is 3. The van der Waals surface area contributed by atoms with Crippen molar-refractivity contribution in [1.82, 2.24) is 15.0 Å². The Hall–Kier alpha value is -8.69. The second-order valence-corrected chi connectivity index (χ2v) is 23.5. The molecule has 0 spiro atoms. The van der Waals surface area contributed by atoms with Gasteiger partial charge in [-0.05, 0) is 177 Å². The van der Waals surface area contributed by atoms with Gasteiger partial charge in [-0.25, -0.2) is 15.0 Å². The second-order valence-electron chi connectivity index (χ2n) is 23.5. The molecule has 6 heterocycles. The molecular weight excluding hydrogens is 1040 g/mol. The summed E-state index contributed by atoms with van der Waals surface area (Å²) in [6, 6.07) is 50.3. The Morgan fingerprint density at radius 1 is 0.286 bits per heavy atom. The lowest BCUT2D eigenvalue weighted by molar-refractivity contribution is 0.601. The van der Waals surface area contributed by atoms with Crippen LogP contribution in [-0.4, -0.2) is 15.0 Å². The summed E-state index contributed by atoms with van der Waals surface area (Å²) in [4.78, 5) is 12.2. The molecule has 7 aromatic carbocycles. The van der Waals surface area contributed by atoms with E-state index in [4.69, 9.17) is 26.5 Å². The van der Waals surface area contributed by atoms with Gasteiger partial charge in [-0.1, -0.05) is 176 Å². The average Bonchev–Trinajstić information content (AvgIpc) is 4.39. The fourth-order valence-electron chi connectivity index (χ4n) is 9.33. The summed E-state index contributed by atoms with van der Waals surface area (Å²) >= 11 is 0. The number of fused-ring (bicyclic) bond motifs is 7. The van der Waals surface area contributed by atoms with E-state index in [1.54, 1.807) is 18.8 Å². The van der Waals surface area contributed by atoms with E-state index >= 15 is 0 Å². The molecule has 9 nitrogen and oxygen atoms in total. The molecule has 0 bridgehead atoms. The highest BCUT2D eigenvalue weighted by Gasteiger charge is 2.09. The molecule has 1 aliphatic rings. The van der Waals surface area contributed by atoms with E-state index in [0.29, 0.717) is 41.4 Å². The summed E-state index contributed by atoms with van der Waals surface area (Å²) in [7, 11) is 0. The Labute approximate surface area is 495 Å². The second kappa shape index (κ2) is 29.0. The lowest BCUT2D eigenvalue weighted by Gasteiger charge is -2.07. The zero-order chi connectivity index (χ0) is 59.9. The molecule has 0 amide bonds. The normalized spacial score (nSPS) is 11.6. The molecule has 13 aromatic rings. The van der Waals surface area contributed by atoms with Gasteiger partial charge in [-0.3, -0.25) is 0 Å². The third kappa shape index (κ3) is 16.5. The van der Waals surface area contributed by atoms with E-state index in [-0.39, 0.29) is 0 Å². The lowest BCUT2D eigenvalue weighted by atomic mass is 9.99. The topological polar surface area (TPSA) is 118 Å². The van der Waals surface area contributed by atoms with Gasteiger partial charge in [-0.2, -0.15) is 0 Å². The predicted octanol–water partition coefficient (Wildman–Crippen LogP) is 22.9. The number of nitrogens with zero attached hydrogens (tertiary/aromatic N) is 3. The summed E-state index contributed by atoms with van der Waals surface area (Å²) < 4.78 is 31.4. The molecule has 6 aromatic heterocycles. The van der Waals surface area contributed by atoms with Gasteiger partial charge in [0.1, 0.15) is 33.3 Å². The first kappa shape index (κ1) is 61.4. The van der Waals surface area contributed by atoms with Crippen LogP contribution < -0.4 is 0 Å². The maximum absolute atomic E-state index is 5.31. The lowest BCUT2D eigenvalue weighted by Crippen LogP contribution is -1.89. The molecule has 0 fully saturated rings. The van der Waals surface area contributed by atoms with Gasteiger partial charge in [0, 0.05) is 16.2 Å². The molecule has 1 aliphatic carbocycles. The van der Waals surface area contributed by atoms with Gasteiger partial charge in [0.05, 0.1) is 18.8 Å². The molecule has 0 saturated carbocycles. The van der Waals surface area contributed by atoms with E-state index in [2.05, 4.69) is 215 Å². The quantitative estimate of drug-likeness (QED) is 0.154. The highest BCUT2D eigenvalue weighted by molar-refractivity contribution is 5.80. The van der Waals surface area contributed by atoms with Gasteiger partial charge in [0.2, 0.25) is 0 Å². The Bertz CT molecular complexity index is 3540. The maximum Gasteiger partial charge on any atom is 0.181 e. The Morgan fingerprint density at radius 2 is 0.643 bits per heavy atom. The Kier molecular flexibility index (Phi) is 21.2. The first-order valence-corrected chi connectivity index (χ1v) is 29.6. The average molecular weight is 1120 g/mol. The van der Waals surface area contributed by atoms with Gasteiger partial charge in [-0.15, -0.1) is 0 Å².